The first kappa shape index (κ1) is 28.1. The maximum atomic E-state index is 12.0. The van der Waals surface area contributed by atoms with Crippen molar-refractivity contribution in [3.8, 4) is 34.1 Å². The Hall–Kier alpha value is -4.00. The molecule has 0 unspecified atom stereocenters. The lowest BCUT2D eigenvalue weighted by molar-refractivity contribution is 0.226. The highest BCUT2D eigenvalue weighted by Crippen LogP contribution is 2.55. The normalized spacial score (nSPS) is 18.8. The Kier molecular flexibility index (Phi) is 7.84. The summed E-state index contributed by atoms with van der Waals surface area (Å²) < 4.78 is 11.5. The second-order valence-corrected chi connectivity index (χ2v) is 11.6. The molecule has 4 aromatic rings. The first-order valence-corrected chi connectivity index (χ1v) is 14.7. The predicted molar refractivity (Wildman–Crippen MR) is 167 cm³/mol. The molecular formula is C36H40N2O4. The van der Waals surface area contributed by atoms with Gasteiger partial charge in [0.05, 0.1) is 14.2 Å². The second kappa shape index (κ2) is 11.7. The molecule has 0 radical (unpaired) electrons. The van der Waals surface area contributed by atoms with Crippen LogP contribution in [0.1, 0.15) is 45.5 Å². The molecule has 0 fully saturated rings. The topological polar surface area (TPSA) is 65.4 Å². The largest absolute Gasteiger partial charge is 0.504 e. The van der Waals surface area contributed by atoms with E-state index in [0.29, 0.717) is 22.6 Å². The fourth-order valence-electron chi connectivity index (χ4n) is 6.96. The lowest BCUT2D eigenvalue weighted by Gasteiger charge is -2.40. The summed E-state index contributed by atoms with van der Waals surface area (Å²) in [7, 11) is 7.48. The van der Waals surface area contributed by atoms with Crippen molar-refractivity contribution in [1.82, 2.24) is 9.80 Å². The van der Waals surface area contributed by atoms with E-state index in [0.717, 1.165) is 61.0 Å². The van der Waals surface area contributed by atoms with Crippen LogP contribution in [0.2, 0.25) is 0 Å². The van der Waals surface area contributed by atoms with E-state index in [1.54, 1.807) is 14.2 Å². The molecule has 42 heavy (non-hydrogen) atoms. The third kappa shape index (κ3) is 4.99. The fourth-order valence-corrected chi connectivity index (χ4v) is 6.96. The van der Waals surface area contributed by atoms with Crippen LogP contribution in [0.4, 0.5) is 0 Å². The van der Waals surface area contributed by atoms with Crippen LogP contribution in [0.15, 0.2) is 72.8 Å². The zero-order valence-corrected chi connectivity index (χ0v) is 24.9. The van der Waals surface area contributed by atoms with Crippen molar-refractivity contribution in [2.24, 2.45) is 0 Å². The number of rotatable bonds is 7. The highest BCUT2D eigenvalue weighted by atomic mass is 16.5. The van der Waals surface area contributed by atoms with Gasteiger partial charge in [-0.2, -0.15) is 0 Å². The molecule has 4 aromatic carbocycles. The van der Waals surface area contributed by atoms with Crippen molar-refractivity contribution >= 4 is 0 Å². The molecule has 6 rings (SSSR count). The van der Waals surface area contributed by atoms with Gasteiger partial charge in [-0.05, 0) is 85.3 Å². The third-order valence-corrected chi connectivity index (χ3v) is 9.21. The van der Waals surface area contributed by atoms with E-state index in [1.807, 2.05) is 24.3 Å². The summed E-state index contributed by atoms with van der Waals surface area (Å²) in [6.45, 7) is 1.78. The molecular weight excluding hydrogens is 524 g/mol. The van der Waals surface area contributed by atoms with E-state index in [4.69, 9.17) is 9.47 Å². The number of benzene rings is 4. The van der Waals surface area contributed by atoms with E-state index >= 15 is 0 Å². The molecule has 6 nitrogen and oxygen atoms in total. The van der Waals surface area contributed by atoms with Crippen LogP contribution in [-0.4, -0.2) is 61.4 Å². The average Bonchev–Trinajstić information content (AvgIpc) is 3.01. The van der Waals surface area contributed by atoms with Gasteiger partial charge in [-0.25, -0.2) is 0 Å². The number of hydrogen-bond acceptors (Lipinski definition) is 6. The van der Waals surface area contributed by atoms with Crippen LogP contribution in [0.25, 0.3) is 11.1 Å². The molecule has 0 aliphatic carbocycles. The van der Waals surface area contributed by atoms with E-state index < -0.39 is 0 Å². The summed E-state index contributed by atoms with van der Waals surface area (Å²) in [5, 5.41) is 24.0. The number of likely N-dealkylation sites (N-methyl/N-ethyl adjacent to an activating group) is 2. The Morgan fingerprint density at radius 1 is 0.643 bits per heavy atom. The average molecular weight is 565 g/mol. The van der Waals surface area contributed by atoms with Gasteiger partial charge in [-0.3, -0.25) is 9.80 Å². The van der Waals surface area contributed by atoms with Crippen molar-refractivity contribution < 1.29 is 19.7 Å². The number of fused-ring (bicyclic) bond motifs is 2. The molecule has 6 heteroatoms. The summed E-state index contributed by atoms with van der Waals surface area (Å²) in [4.78, 5) is 4.73. The Morgan fingerprint density at radius 2 is 1.02 bits per heavy atom. The molecule has 0 spiro atoms. The van der Waals surface area contributed by atoms with Gasteiger partial charge in [-0.15, -0.1) is 0 Å². The summed E-state index contributed by atoms with van der Waals surface area (Å²) in [5.74, 6) is 0.960. The Labute approximate surface area is 248 Å². The number of phenolic OH excluding ortho intramolecular Hbond substituents is 2. The van der Waals surface area contributed by atoms with E-state index in [2.05, 4.69) is 72.4 Å². The fraction of sp³-hybridized carbons (Fsp3) is 0.333. The molecule has 2 heterocycles. The SMILES string of the molecule is COc1cc2c(c(-c3c(O)c(OC)cc4c3[C@@H](Cc3ccccc3)N(C)CC4)c1O)[C@@H](Cc1ccccc1)N(C)CC2. The van der Waals surface area contributed by atoms with Gasteiger partial charge in [0.25, 0.3) is 0 Å². The van der Waals surface area contributed by atoms with Crippen LogP contribution in [-0.2, 0) is 25.7 Å². The minimum absolute atomic E-state index is 0.00176. The zero-order valence-electron chi connectivity index (χ0n) is 24.9. The minimum Gasteiger partial charge on any atom is -0.504 e. The zero-order chi connectivity index (χ0) is 29.4. The van der Waals surface area contributed by atoms with Crippen LogP contribution >= 0.6 is 0 Å². The van der Waals surface area contributed by atoms with Gasteiger partial charge in [0.2, 0.25) is 0 Å². The van der Waals surface area contributed by atoms with Gasteiger partial charge < -0.3 is 19.7 Å². The summed E-state index contributed by atoms with van der Waals surface area (Å²) in [6.07, 6.45) is 3.20. The van der Waals surface area contributed by atoms with E-state index in [-0.39, 0.29) is 23.6 Å². The number of nitrogens with zero attached hydrogens (tertiary/aromatic N) is 2. The number of methoxy groups -OCH3 is 2. The first-order chi connectivity index (χ1) is 20.4. The van der Waals surface area contributed by atoms with Gasteiger partial charge in [0.1, 0.15) is 0 Å². The minimum atomic E-state index is -0.00176. The van der Waals surface area contributed by atoms with E-state index in [9.17, 15) is 10.2 Å². The lowest BCUT2D eigenvalue weighted by atomic mass is 9.77. The molecule has 2 atom stereocenters. The summed E-state index contributed by atoms with van der Waals surface area (Å²) >= 11 is 0. The van der Waals surface area contributed by atoms with Gasteiger partial charge in [-0.1, -0.05) is 60.7 Å². The monoisotopic (exact) mass is 564 g/mol. The summed E-state index contributed by atoms with van der Waals surface area (Å²) in [5.41, 5.74) is 8.11. The van der Waals surface area contributed by atoms with Crippen LogP contribution in [0.5, 0.6) is 23.0 Å². The van der Waals surface area contributed by atoms with Crippen molar-refractivity contribution in [1.29, 1.82) is 0 Å². The first-order valence-electron chi connectivity index (χ1n) is 14.7. The van der Waals surface area contributed by atoms with Crippen LogP contribution in [0.3, 0.4) is 0 Å². The van der Waals surface area contributed by atoms with Gasteiger partial charge >= 0.3 is 0 Å². The van der Waals surface area contributed by atoms with Gasteiger partial charge in [0.15, 0.2) is 23.0 Å². The van der Waals surface area contributed by atoms with E-state index in [1.165, 1.54) is 11.1 Å². The van der Waals surface area contributed by atoms with Gasteiger partial charge in [0, 0.05) is 36.3 Å². The highest BCUT2D eigenvalue weighted by Gasteiger charge is 2.37. The molecule has 0 saturated heterocycles. The lowest BCUT2D eigenvalue weighted by Crippen LogP contribution is -2.35. The molecule has 2 N–H and O–H groups in total. The molecule has 2 aliphatic rings. The standard InChI is InChI=1S/C36H40N2O4/c1-37-17-15-25-21-29(41-3)35(39)33(31(25)27(37)19-23-11-7-5-8-12-23)34-32-26(22-30(42-4)36(34)40)16-18-38(2)28(32)20-24-13-9-6-10-14-24/h5-14,21-22,27-28,39-40H,15-20H2,1-4H3/t27-,28-/m1/s1. The molecule has 0 aromatic heterocycles. The molecule has 2 aliphatic heterocycles. The second-order valence-electron chi connectivity index (χ2n) is 11.6. The number of hydrogen-bond donors (Lipinski definition) is 2. The summed E-state index contributed by atoms with van der Waals surface area (Å²) in [6, 6.07) is 24.9. The maximum absolute atomic E-state index is 12.0. The highest BCUT2D eigenvalue weighted by molar-refractivity contribution is 5.88. The molecule has 0 amide bonds. The third-order valence-electron chi connectivity index (χ3n) is 9.21. The van der Waals surface area contributed by atoms with Crippen molar-refractivity contribution in [2.45, 2.75) is 37.8 Å². The Bertz CT molecular complexity index is 1450. The smallest absolute Gasteiger partial charge is 0.166 e. The molecule has 0 bridgehead atoms. The molecule has 218 valence electrons. The predicted octanol–water partition coefficient (Wildman–Crippen LogP) is 6.33. The molecule has 0 saturated carbocycles. The quantitative estimate of drug-likeness (QED) is 0.274. The Balaban J connectivity index is 1.64. The number of phenols is 2. The number of ether oxygens (including phenoxy) is 2. The number of aromatic hydroxyl groups is 2. The van der Waals surface area contributed by atoms with Crippen LogP contribution in [0, 0.1) is 0 Å². The van der Waals surface area contributed by atoms with Crippen LogP contribution < -0.4 is 9.47 Å². The Morgan fingerprint density at radius 3 is 1.38 bits per heavy atom. The van der Waals surface area contributed by atoms with Crippen molar-refractivity contribution in [3.63, 3.8) is 0 Å². The maximum Gasteiger partial charge on any atom is 0.166 e. The van der Waals surface area contributed by atoms with Crippen molar-refractivity contribution in [2.75, 3.05) is 41.4 Å². The van der Waals surface area contributed by atoms with Crippen molar-refractivity contribution in [3.05, 3.63) is 106 Å².